The molecule has 0 bridgehead atoms. The van der Waals surface area contributed by atoms with Crippen molar-refractivity contribution in [2.75, 3.05) is 6.16 Å². The highest BCUT2D eigenvalue weighted by Crippen LogP contribution is 2.46. The van der Waals surface area contributed by atoms with Crippen LogP contribution in [0.5, 0.6) is 0 Å². The standard InChI is InChI=1S/C27H25FNO5P/c1-17-25(18-9-11-21(28)12-10-18)23(13-14-35(33,34)16-22(30)15-24(31)32)27(20-7-8-20)29-26(17)19-5-3-2-4-6-19/h2-6,9-12,20,22,30H,7-8,15-16H2,1H3,(H,31,32)(H,33,34)/t22-/m1/s1. The maximum atomic E-state index is 13.7. The maximum absolute atomic E-state index is 13.7. The first-order chi connectivity index (χ1) is 16.6. The second-order valence-electron chi connectivity index (χ2n) is 8.74. The van der Waals surface area contributed by atoms with E-state index in [9.17, 15) is 23.7 Å². The number of nitrogens with zero attached hydrogens (tertiary/aromatic N) is 1. The minimum atomic E-state index is -4.17. The van der Waals surface area contributed by atoms with Gasteiger partial charge in [0, 0.05) is 17.0 Å². The lowest BCUT2D eigenvalue weighted by Gasteiger charge is -2.18. The molecular weight excluding hydrogens is 468 g/mol. The Balaban J connectivity index is 1.89. The molecule has 1 aromatic heterocycles. The van der Waals surface area contributed by atoms with Gasteiger partial charge in [-0.2, -0.15) is 0 Å². The first kappa shape index (κ1) is 24.8. The molecule has 1 aliphatic rings. The molecule has 1 heterocycles. The Morgan fingerprint density at radius 1 is 1.14 bits per heavy atom. The van der Waals surface area contributed by atoms with Crippen LogP contribution in [0.3, 0.4) is 0 Å². The van der Waals surface area contributed by atoms with Crippen LogP contribution in [0.4, 0.5) is 4.39 Å². The number of hydrogen-bond acceptors (Lipinski definition) is 4. The summed E-state index contributed by atoms with van der Waals surface area (Å²) < 4.78 is 26.4. The van der Waals surface area contributed by atoms with Crippen molar-refractivity contribution < 1.29 is 28.9 Å². The van der Waals surface area contributed by atoms with E-state index in [2.05, 4.69) is 11.6 Å². The van der Waals surface area contributed by atoms with Crippen molar-refractivity contribution in [2.24, 2.45) is 0 Å². The van der Waals surface area contributed by atoms with Crippen LogP contribution in [0.2, 0.25) is 0 Å². The molecule has 0 radical (unpaired) electrons. The topological polar surface area (TPSA) is 108 Å². The molecule has 2 aromatic carbocycles. The molecule has 3 aromatic rings. The SMILES string of the molecule is Cc1c(-c2ccccc2)nc(C2CC2)c(C#CP(=O)(O)C[C@H](O)CC(=O)O)c1-c1ccc(F)cc1. The molecule has 180 valence electrons. The lowest BCUT2D eigenvalue weighted by atomic mass is 9.90. The summed E-state index contributed by atoms with van der Waals surface area (Å²) in [7, 11) is -4.17. The Morgan fingerprint density at radius 3 is 2.40 bits per heavy atom. The summed E-state index contributed by atoms with van der Waals surface area (Å²) >= 11 is 0. The van der Waals surface area contributed by atoms with E-state index in [-0.39, 0.29) is 11.7 Å². The number of pyridine rings is 1. The van der Waals surface area contributed by atoms with Crippen molar-refractivity contribution in [1.29, 1.82) is 0 Å². The van der Waals surface area contributed by atoms with E-state index in [1.807, 2.05) is 37.3 Å². The summed E-state index contributed by atoms with van der Waals surface area (Å²) in [5.41, 5.74) is 7.51. The van der Waals surface area contributed by atoms with E-state index in [0.29, 0.717) is 22.4 Å². The predicted octanol–water partition coefficient (Wildman–Crippen LogP) is 5.16. The molecule has 0 spiro atoms. The zero-order valence-corrected chi connectivity index (χ0v) is 20.0. The van der Waals surface area contributed by atoms with E-state index in [0.717, 1.165) is 29.7 Å². The van der Waals surface area contributed by atoms with Gasteiger partial charge in [0.1, 0.15) is 5.82 Å². The molecule has 0 aliphatic heterocycles. The lowest BCUT2D eigenvalue weighted by Crippen LogP contribution is -2.17. The van der Waals surface area contributed by atoms with Crippen LogP contribution < -0.4 is 0 Å². The Hall–Kier alpha value is -3.30. The fourth-order valence-corrected chi connectivity index (χ4v) is 5.15. The fraction of sp³-hybridized carbons (Fsp3) is 0.259. The first-order valence-corrected chi connectivity index (χ1v) is 13.1. The zero-order chi connectivity index (χ0) is 25.2. The minimum absolute atomic E-state index is 0.150. The number of carboxylic acid groups (broad SMARTS) is 1. The number of aliphatic hydroxyl groups excluding tert-OH is 1. The molecule has 35 heavy (non-hydrogen) atoms. The molecule has 0 saturated heterocycles. The van der Waals surface area contributed by atoms with Crippen molar-refractivity contribution in [2.45, 2.75) is 38.2 Å². The van der Waals surface area contributed by atoms with Gasteiger partial charge < -0.3 is 15.1 Å². The van der Waals surface area contributed by atoms with Crippen molar-refractivity contribution in [1.82, 2.24) is 4.98 Å². The van der Waals surface area contributed by atoms with Crippen LogP contribution in [0.1, 0.15) is 42.0 Å². The largest absolute Gasteiger partial charge is 0.481 e. The normalized spacial score (nSPS) is 15.5. The number of aliphatic hydroxyl groups is 1. The van der Waals surface area contributed by atoms with E-state index in [4.69, 9.17) is 10.1 Å². The van der Waals surface area contributed by atoms with Gasteiger partial charge in [0.05, 0.1) is 35.6 Å². The van der Waals surface area contributed by atoms with Crippen LogP contribution in [0, 0.1) is 24.3 Å². The molecule has 4 rings (SSSR count). The number of carboxylic acids is 1. The third-order valence-corrected chi connectivity index (χ3v) is 7.21. The van der Waals surface area contributed by atoms with Crippen LogP contribution in [0.25, 0.3) is 22.4 Å². The van der Waals surface area contributed by atoms with Gasteiger partial charge >= 0.3 is 5.97 Å². The van der Waals surface area contributed by atoms with Gasteiger partial charge in [-0.1, -0.05) is 48.4 Å². The van der Waals surface area contributed by atoms with Gasteiger partial charge in [-0.15, -0.1) is 0 Å². The number of benzene rings is 2. The zero-order valence-electron chi connectivity index (χ0n) is 19.1. The molecule has 1 saturated carbocycles. The summed E-state index contributed by atoms with van der Waals surface area (Å²) in [6, 6.07) is 15.7. The fourth-order valence-electron chi connectivity index (χ4n) is 4.07. The molecule has 0 amide bonds. The number of aliphatic carboxylic acids is 1. The summed E-state index contributed by atoms with van der Waals surface area (Å²) in [6.07, 6.45) is -0.957. The van der Waals surface area contributed by atoms with Gasteiger partial charge in [0.15, 0.2) is 0 Å². The van der Waals surface area contributed by atoms with Crippen LogP contribution in [-0.2, 0) is 9.36 Å². The quantitative estimate of drug-likeness (QED) is 0.310. The molecule has 3 N–H and O–H groups in total. The van der Waals surface area contributed by atoms with Crippen molar-refractivity contribution >= 4 is 13.3 Å². The number of hydrogen-bond donors (Lipinski definition) is 3. The van der Waals surface area contributed by atoms with Crippen molar-refractivity contribution in [3.8, 4) is 34.0 Å². The molecular formula is C27H25FNO5P. The van der Waals surface area contributed by atoms with Crippen molar-refractivity contribution in [3.05, 3.63) is 77.2 Å². The van der Waals surface area contributed by atoms with Crippen molar-refractivity contribution in [3.63, 3.8) is 0 Å². The third-order valence-electron chi connectivity index (χ3n) is 5.84. The highest BCUT2D eigenvalue weighted by molar-refractivity contribution is 7.63. The molecule has 6 nitrogen and oxygen atoms in total. The van der Waals surface area contributed by atoms with Gasteiger partial charge in [0.2, 0.25) is 0 Å². The molecule has 2 atom stereocenters. The monoisotopic (exact) mass is 493 g/mol. The van der Waals surface area contributed by atoms with E-state index in [1.54, 1.807) is 12.1 Å². The Kier molecular flexibility index (Phi) is 7.18. The van der Waals surface area contributed by atoms with Gasteiger partial charge in [-0.3, -0.25) is 14.3 Å². The van der Waals surface area contributed by atoms with E-state index in [1.165, 1.54) is 12.1 Å². The number of aromatic nitrogens is 1. The third kappa shape index (κ3) is 6.04. The smallest absolute Gasteiger partial charge is 0.305 e. The number of rotatable bonds is 7. The molecule has 1 unspecified atom stereocenters. The summed E-state index contributed by atoms with van der Waals surface area (Å²) in [6.45, 7) is 1.89. The average molecular weight is 493 g/mol. The first-order valence-electron chi connectivity index (χ1n) is 11.3. The highest BCUT2D eigenvalue weighted by Gasteiger charge is 2.31. The van der Waals surface area contributed by atoms with E-state index >= 15 is 0 Å². The second kappa shape index (κ2) is 10.1. The molecule has 1 aliphatic carbocycles. The summed E-state index contributed by atoms with van der Waals surface area (Å²) in [5.74, 6) is 1.36. The van der Waals surface area contributed by atoms with E-state index < -0.39 is 32.0 Å². The molecule has 1 fully saturated rings. The predicted molar refractivity (Wildman–Crippen MR) is 132 cm³/mol. The highest BCUT2D eigenvalue weighted by atomic mass is 31.2. The minimum Gasteiger partial charge on any atom is -0.481 e. The average Bonchev–Trinajstić information content (AvgIpc) is 3.63. The van der Waals surface area contributed by atoms with Crippen LogP contribution >= 0.6 is 7.37 Å². The Labute approximate surface area is 202 Å². The lowest BCUT2D eigenvalue weighted by molar-refractivity contribution is -0.138. The van der Waals surface area contributed by atoms with Gasteiger partial charge in [-0.05, 0) is 48.7 Å². The Morgan fingerprint density at radius 2 is 1.80 bits per heavy atom. The number of carbonyl (C=O) groups is 1. The van der Waals surface area contributed by atoms with Gasteiger partial charge in [0.25, 0.3) is 7.37 Å². The van der Waals surface area contributed by atoms with Crippen LogP contribution in [-0.4, -0.2) is 38.3 Å². The van der Waals surface area contributed by atoms with Gasteiger partial charge in [-0.25, -0.2) is 4.39 Å². The molecule has 8 heteroatoms. The van der Waals surface area contributed by atoms with Crippen LogP contribution in [0.15, 0.2) is 54.6 Å². The second-order valence-corrected chi connectivity index (χ2v) is 10.7. The maximum Gasteiger partial charge on any atom is 0.305 e. The summed E-state index contributed by atoms with van der Waals surface area (Å²) in [5, 5.41) is 18.7. The Bertz CT molecular complexity index is 1360. The number of halogens is 1. The summed E-state index contributed by atoms with van der Waals surface area (Å²) in [4.78, 5) is 26.1.